The van der Waals surface area contributed by atoms with Gasteiger partial charge in [-0.15, -0.1) is 0 Å². The van der Waals surface area contributed by atoms with Crippen LogP contribution in [-0.2, 0) is 9.53 Å². The molecule has 0 unspecified atom stereocenters. The summed E-state index contributed by atoms with van der Waals surface area (Å²) in [7, 11) is 1.24. The summed E-state index contributed by atoms with van der Waals surface area (Å²) < 4.78 is 4.35. The first-order valence-electron chi connectivity index (χ1n) is 3.74. The Morgan fingerprint density at radius 1 is 1.62 bits per heavy atom. The molecule has 0 aromatic heterocycles. The van der Waals surface area contributed by atoms with Crippen molar-refractivity contribution >= 4 is 23.8 Å². The number of primary amides is 1. The van der Waals surface area contributed by atoms with Crippen molar-refractivity contribution in [2.45, 2.75) is 12.5 Å². The van der Waals surface area contributed by atoms with E-state index in [0.29, 0.717) is 6.42 Å². The Bertz CT molecular complexity index is 187. The lowest BCUT2D eigenvalue weighted by Crippen LogP contribution is -2.44. The number of hydrogen-bond acceptors (Lipinski definition) is 4. The van der Waals surface area contributed by atoms with E-state index in [9.17, 15) is 9.59 Å². The topological polar surface area (TPSA) is 81.4 Å². The average Bonchev–Trinajstić information content (AvgIpc) is 2.11. The molecule has 2 amide bonds. The zero-order chi connectivity index (χ0) is 10.3. The minimum absolute atomic E-state index is 0.519. The van der Waals surface area contributed by atoms with E-state index in [-0.39, 0.29) is 0 Å². The van der Waals surface area contributed by atoms with E-state index in [2.05, 4.69) is 10.1 Å². The molecular formula is C7H14N2O3S. The molecule has 5 nitrogen and oxygen atoms in total. The van der Waals surface area contributed by atoms with Gasteiger partial charge in [-0.2, -0.15) is 11.8 Å². The van der Waals surface area contributed by atoms with Crippen LogP contribution >= 0.6 is 11.8 Å². The smallest absolute Gasteiger partial charge is 0.407 e. The standard InChI is InChI=1S/C7H14N2O3S/c1-12-7(11)9-5(6(8)10)3-4-13-2/h5H,3-4H2,1-2H3,(H2,8,10)(H,9,11)/t5-/m1/s1. The number of nitrogens with two attached hydrogens (primary N) is 1. The maximum absolute atomic E-state index is 10.8. The van der Waals surface area contributed by atoms with Crippen molar-refractivity contribution in [1.82, 2.24) is 5.32 Å². The molecule has 0 aromatic carbocycles. The predicted octanol–water partition coefficient (Wildman–Crippen LogP) is -0.0506. The van der Waals surface area contributed by atoms with Crippen LogP contribution in [0.3, 0.4) is 0 Å². The fourth-order valence-electron chi connectivity index (χ4n) is 0.722. The lowest BCUT2D eigenvalue weighted by molar-refractivity contribution is -0.119. The van der Waals surface area contributed by atoms with E-state index >= 15 is 0 Å². The van der Waals surface area contributed by atoms with Gasteiger partial charge in [0.2, 0.25) is 5.91 Å². The van der Waals surface area contributed by atoms with E-state index in [1.54, 1.807) is 11.8 Å². The lowest BCUT2D eigenvalue weighted by atomic mass is 10.2. The van der Waals surface area contributed by atoms with E-state index in [4.69, 9.17) is 5.73 Å². The number of alkyl carbamates (subject to hydrolysis) is 1. The highest BCUT2D eigenvalue weighted by Crippen LogP contribution is 2.00. The minimum atomic E-state index is -0.639. The van der Waals surface area contributed by atoms with Gasteiger partial charge in [-0.25, -0.2) is 4.79 Å². The average molecular weight is 206 g/mol. The summed E-state index contributed by atoms with van der Waals surface area (Å²) in [6.07, 6.45) is 1.80. The van der Waals surface area contributed by atoms with Crippen molar-refractivity contribution in [3.05, 3.63) is 0 Å². The SMILES string of the molecule is COC(=O)N[C@H](CCSC)C(N)=O. The molecular weight excluding hydrogens is 192 g/mol. The quantitative estimate of drug-likeness (QED) is 0.660. The zero-order valence-electron chi connectivity index (χ0n) is 7.70. The Morgan fingerprint density at radius 2 is 2.23 bits per heavy atom. The number of carbonyl (C=O) groups is 2. The van der Waals surface area contributed by atoms with E-state index < -0.39 is 18.0 Å². The molecule has 0 spiro atoms. The molecule has 0 saturated carbocycles. The number of methoxy groups -OCH3 is 1. The Labute approximate surface area is 81.4 Å². The van der Waals surface area contributed by atoms with Crippen LogP contribution in [-0.4, -0.2) is 37.2 Å². The van der Waals surface area contributed by atoms with Crippen LogP contribution < -0.4 is 11.1 Å². The number of thioether (sulfide) groups is 1. The van der Waals surface area contributed by atoms with Crippen LogP contribution in [0.5, 0.6) is 0 Å². The number of carbonyl (C=O) groups excluding carboxylic acids is 2. The van der Waals surface area contributed by atoms with Gasteiger partial charge in [0.15, 0.2) is 0 Å². The Balaban J connectivity index is 3.94. The molecule has 0 aromatic rings. The summed E-state index contributed by atoms with van der Waals surface area (Å²) in [6, 6.07) is -0.639. The van der Waals surface area contributed by atoms with Gasteiger partial charge in [0.25, 0.3) is 0 Å². The molecule has 0 aliphatic rings. The first-order chi connectivity index (χ1) is 6.11. The van der Waals surface area contributed by atoms with Crippen LogP contribution in [0.4, 0.5) is 4.79 Å². The highest BCUT2D eigenvalue weighted by molar-refractivity contribution is 7.98. The summed E-state index contributed by atoms with van der Waals surface area (Å²) in [5, 5.41) is 2.35. The van der Waals surface area contributed by atoms with Gasteiger partial charge in [-0.05, 0) is 18.4 Å². The Kier molecular flexibility index (Phi) is 6.13. The monoisotopic (exact) mass is 206 g/mol. The molecule has 0 rings (SSSR count). The molecule has 3 N–H and O–H groups in total. The third-order valence-electron chi connectivity index (χ3n) is 1.43. The highest BCUT2D eigenvalue weighted by atomic mass is 32.2. The highest BCUT2D eigenvalue weighted by Gasteiger charge is 2.17. The van der Waals surface area contributed by atoms with E-state index in [1.807, 2.05) is 6.26 Å². The second-order valence-electron chi connectivity index (χ2n) is 2.37. The maximum Gasteiger partial charge on any atom is 0.407 e. The van der Waals surface area contributed by atoms with Crippen molar-refractivity contribution in [2.75, 3.05) is 19.1 Å². The summed E-state index contributed by atoms with van der Waals surface area (Å²) in [6.45, 7) is 0. The largest absolute Gasteiger partial charge is 0.453 e. The van der Waals surface area contributed by atoms with E-state index in [0.717, 1.165) is 5.75 Å². The number of nitrogens with one attached hydrogen (secondary N) is 1. The van der Waals surface area contributed by atoms with Crippen molar-refractivity contribution < 1.29 is 14.3 Å². The van der Waals surface area contributed by atoms with Crippen LogP contribution in [0.2, 0.25) is 0 Å². The lowest BCUT2D eigenvalue weighted by Gasteiger charge is -2.13. The molecule has 0 heterocycles. The van der Waals surface area contributed by atoms with Crippen molar-refractivity contribution in [1.29, 1.82) is 0 Å². The molecule has 1 atom stereocenters. The summed E-state index contributed by atoms with van der Waals surface area (Å²) in [5.74, 6) is 0.219. The molecule has 0 fully saturated rings. The van der Waals surface area contributed by atoms with Gasteiger partial charge >= 0.3 is 6.09 Å². The van der Waals surface area contributed by atoms with Gasteiger partial charge in [-0.3, -0.25) is 4.79 Å². The van der Waals surface area contributed by atoms with Gasteiger partial charge in [-0.1, -0.05) is 0 Å². The van der Waals surface area contributed by atoms with Gasteiger partial charge < -0.3 is 15.8 Å². The third-order valence-corrected chi connectivity index (χ3v) is 2.08. The van der Waals surface area contributed by atoms with Crippen LogP contribution in [0.15, 0.2) is 0 Å². The number of rotatable bonds is 5. The third kappa shape index (κ3) is 5.35. The molecule has 0 aliphatic carbocycles. The summed E-state index contributed by atoms with van der Waals surface area (Å²) in [4.78, 5) is 21.5. The molecule has 6 heteroatoms. The van der Waals surface area contributed by atoms with Gasteiger partial charge in [0.1, 0.15) is 6.04 Å². The minimum Gasteiger partial charge on any atom is -0.453 e. The van der Waals surface area contributed by atoms with Crippen molar-refractivity contribution in [2.24, 2.45) is 5.73 Å². The number of amides is 2. The van der Waals surface area contributed by atoms with Gasteiger partial charge in [0.05, 0.1) is 7.11 Å². The van der Waals surface area contributed by atoms with Crippen LogP contribution in [0.25, 0.3) is 0 Å². The fraction of sp³-hybridized carbons (Fsp3) is 0.714. The summed E-state index contributed by atoms with van der Waals surface area (Å²) >= 11 is 1.58. The van der Waals surface area contributed by atoms with Crippen LogP contribution in [0, 0.1) is 0 Å². The van der Waals surface area contributed by atoms with E-state index in [1.165, 1.54) is 7.11 Å². The van der Waals surface area contributed by atoms with Gasteiger partial charge in [0, 0.05) is 0 Å². The number of ether oxygens (including phenoxy) is 1. The molecule has 0 saturated heterocycles. The maximum atomic E-state index is 10.8. The van der Waals surface area contributed by atoms with Crippen molar-refractivity contribution in [3.63, 3.8) is 0 Å². The molecule has 0 bridgehead atoms. The molecule has 0 radical (unpaired) electrons. The Hall–Kier alpha value is -0.910. The Morgan fingerprint density at radius 3 is 2.62 bits per heavy atom. The number of hydrogen-bond donors (Lipinski definition) is 2. The molecule has 13 heavy (non-hydrogen) atoms. The second kappa shape index (κ2) is 6.59. The fourth-order valence-corrected chi connectivity index (χ4v) is 1.19. The molecule has 76 valence electrons. The van der Waals surface area contributed by atoms with Crippen molar-refractivity contribution in [3.8, 4) is 0 Å². The van der Waals surface area contributed by atoms with Crippen LogP contribution in [0.1, 0.15) is 6.42 Å². The normalized spacial score (nSPS) is 11.8. The first kappa shape index (κ1) is 12.1. The zero-order valence-corrected chi connectivity index (χ0v) is 8.52. The second-order valence-corrected chi connectivity index (χ2v) is 3.36. The summed E-state index contributed by atoms with van der Waals surface area (Å²) in [5.41, 5.74) is 5.06. The molecule has 0 aliphatic heterocycles. The first-order valence-corrected chi connectivity index (χ1v) is 5.14. The predicted molar refractivity (Wildman–Crippen MR) is 51.5 cm³/mol.